The fourth-order valence-electron chi connectivity index (χ4n) is 3.17. The molecule has 0 atom stereocenters. The highest BCUT2D eigenvalue weighted by molar-refractivity contribution is 7.89. The average molecular weight is 445 g/mol. The first-order valence-corrected chi connectivity index (χ1v) is 11.3. The van der Waals surface area contributed by atoms with E-state index in [2.05, 4.69) is 10.4 Å². The van der Waals surface area contributed by atoms with Crippen LogP contribution in [0.25, 0.3) is 0 Å². The van der Waals surface area contributed by atoms with Gasteiger partial charge in [0.15, 0.2) is 0 Å². The zero-order chi connectivity index (χ0) is 20.1. The number of piperidine rings is 1. The highest BCUT2D eigenvalue weighted by Crippen LogP contribution is 2.24. The third-order valence-corrected chi connectivity index (χ3v) is 7.10. The number of halogens is 2. The molecule has 1 aliphatic rings. The summed E-state index contributed by atoms with van der Waals surface area (Å²) in [5.74, 6) is -0.196. The molecule has 28 heavy (non-hydrogen) atoms. The average Bonchev–Trinajstić information content (AvgIpc) is 3.10. The fraction of sp³-hybridized carbons (Fsp3) is 0.444. The number of nitrogens with zero attached hydrogens (tertiary/aromatic N) is 3. The van der Waals surface area contributed by atoms with E-state index in [9.17, 15) is 13.2 Å². The molecular weight excluding hydrogens is 423 g/mol. The number of amides is 1. The van der Waals surface area contributed by atoms with E-state index in [0.717, 1.165) is 6.42 Å². The third kappa shape index (κ3) is 5.26. The first-order chi connectivity index (χ1) is 13.4. The highest BCUT2D eigenvalue weighted by atomic mass is 35.5. The van der Waals surface area contributed by atoms with Crippen molar-refractivity contribution in [1.29, 1.82) is 0 Å². The van der Waals surface area contributed by atoms with Crippen LogP contribution in [0, 0.1) is 5.92 Å². The number of aryl methyl sites for hydroxylation is 1. The van der Waals surface area contributed by atoms with E-state index in [0.29, 0.717) is 49.1 Å². The summed E-state index contributed by atoms with van der Waals surface area (Å²) in [5, 5.41) is 8.09. The molecule has 2 heterocycles. The molecular formula is C18H22Cl2N4O3S. The van der Waals surface area contributed by atoms with Gasteiger partial charge in [0.2, 0.25) is 15.9 Å². The summed E-state index contributed by atoms with van der Waals surface area (Å²) in [7, 11) is -3.55. The maximum absolute atomic E-state index is 12.7. The Bertz CT molecular complexity index is 907. The zero-order valence-corrected chi connectivity index (χ0v) is 17.6. The lowest BCUT2D eigenvalue weighted by Gasteiger charge is -2.30. The molecule has 0 radical (unpaired) electrons. The standard InChI is InChI=1S/C18H22Cl2N4O3S/c19-15-2-4-17(5-3-15)28(26,27)24-10-6-14(7-11-24)18(25)21-8-1-9-23-13-16(20)12-22-23/h2-5,12-14H,1,6-11H2,(H,21,25). The third-order valence-electron chi connectivity index (χ3n) is 4.74. The fourth-order valence-corrected chi connectivity index (χ4v) is 4.92. The van der Waals surface area contributed by atoms with Crippen LogP contribution in [-0.2, 0) is 21.4 Å². The van der Waals surface area contributed by atoms with Gasteiger partial charge in [0, 0.05) is 43.3 Å². The van der Waals surface area contributed by atoms with Gasteiger partial charge >= 0.3 is 0 Å². The van der Waals surface area contributed by atoms with Gasteiger partial charge in [-0.25, -0.2) is 8.42 Å². The Hall–Kier alpha value is -1.61. The quantitative estimate of drug-likeness (QED) is 0.665. The second kappa shape index (κ2) is 9.26. The Balaban J connectivity index is 1.44. The van der Waals surface area contributed by atoms with E-state index < -0.39 is 10.0 Å². The maximum Gasteiger partial charge on any atom is 0.243 e. The van der Waals surface area contributed by atoms with Crippen molar-refractivity contribution in [3.05, 3.63) is 46.7 Å². The van der Waals surface area contributed by atoms with Gasteiger partial charge in [-0.1, -0.05) is 23.2 Å². The SMILES string of the molecule is O=C(NCCCn1cc(Cl)cn1)C1CCN(S(=O)(=O)c2ccc(Cl)cc2)CC1. The molecule has 1 N–H and O–H groups in total. The summed E-state index contributed by atoms with van der Waals surface area (Å²) in [6, 6.07) is 6.13. The maximum atomic E-state index is 12.7. The summed E-state index contributed by atoms with van der Waals surface area (Å²) in [6.07, 6.45) is 5.07. The second-order valence-corrected chi connectivity index (χ2v) is 9.51. The number of carbonyl (C=O) groups is 1. The molecule has 0 bridgehead atoms. The van der Waals surface area contributed by atoms with E-state index in [1.165, 1.54) is 16.4 Å². The lowest BCUT2D eigenvalue weighted by Crippen LogP contribution is -2.43. The molecule has 1 aliphatic heterocycles. The molecule has 1 amide bonds. The minimum atomic E-state index is -3.55. The summed E-state index contributed by atoms with van der Waals surface area (Å²) in [5.41, 5.74) is 0. The Kier molecular flexibility index (Phi) is 6.98. The summed E-state index contributed by atoms with van der Waals surface area (Å²) in [6.45, 7) is 1.87. The monoisotopic (exact) mass is 444 g/mol. The Labute approximate surface area is 174 Å². The lowest BCUT2D eigenvalue weighted by atomic mass is 9.97. The predicted octanol–water partition coefficient (Wildman–Crippen LogP) is 2.80. The summed E-state index contributed by atoms with van der Waals surface area (Å²) < 4.78 is 28.5. The van der Waals surface area contributed by atoms with Crippen molar-refractivity contribution in [2.45, 2.75) is 30.7 Å². The summed E-state index contributed by atoms with van der Waals surface area (Å²) >= 11 is 11.6. The first-order valence-electron chi connectivity index (χ1n) is 9.07. The molecule has 0 unspecified atom stereocenters. The van der Waals surface area contributed by atoms with Crippen LogP contribution in [0.15, 0.2) is 41.6 Å². The topological polar surface area (TPSA) is 84.3 Å². The number of sulfonamides is 1. The van der Waals surface area contributed by atoms with Gasteiger partial charge in [-0.05, 0) is 43.5 Å². The van der Waals surface area contributed by atoms with Crippen molar-refractivity contribution < 1.29 is 13.2 Å². The van der Waals surface area contributed by atoms with Crippen LogP contribution in [0.5, 0.6) is 0 Å². The van der Waals surface area contributed by atoms with E-state index in [-0.39, 0.29) is 16.7 Å². The second-order valence-electron chi connectivity index (χ2n) is 6.70. The lowest BCUT2D eigenvalue weighted by molar-refractivity contribution is -0.126. The van der Waals surface area contributed by atoms with Gasteiger partial charge < -0.3 is 5.32 Å². The number of hydrogen-bond donors (Lipinski definition) is 1. The van der Waals surface area contributed by atoms with Crippen molar-refractivity contribution in [3.63, 3.8) is 0 Å². The number of carbonyl (C=O) groups excluding carboxylic acids is 1. The molecule has 0 saturated carbocycles. The van der Waals surface area contributed by atoms with Crippen LogP contribution in [0.1, 0.15) is 19.3 Å². The van der Waals surface area contributed by atoms with Crippen molar-refractivity contribution >= 4 is 39.1 Å². The van der Waals surface area contributed by atoms with Crippen LogP contribution in [-0.4, -0.2) is 48.0 Å². The van der Waals surface area contributed by atoms with Gasteiger partial charge in [-0.2, -0.15) is 9.40 Å². The van der Waals surface area contributed by atoms with Crippen LogP contribution < -0.4 is 5.32 Å². The molecule has 152 valence electrons. The van der Waals surface area contributed by atoms with Gasteiger partial charge in [0.1, 0.15) is 0 Å². The zero-order valence-electron chi connectivity index (χ0n) is 15.2. The number of aromatic nitrogens is 2. The first kappa shape index (κ1) is 21.1. The number of rotatable bonds is 7. The molecule has 7 nitrogen and oxygen atoms in total. The molecule has 10 heteroatoms. The van der Waals surface area contributed by atoms with Gasteiger partial charge in [0.25, 0.3) is 0 Å². The van der Waals surface area contributed by atoms with Gasteiger partial charge in [-0.15, -0.1) is 0 Å². The van der Waals surface area contributed by atoms with Crippen molar-refractivity contribution in [2.24, 2.45) is 5.92 Å². The van der Waals surface area contributed by atoms with Gasteiger partial charge in [-0.3, -0.25) is 9.48 Å². The van der Waals surface area contributed by atoms with E-state index >= 15 is 0 Å². The van der Waals surface area contributed by atoms with Crippen molar-refractivity contribution in [1.82, 2.24) is 19.4 Å². The van der Waals surface area contributed by atoms with E-state index in [1.54, 1.807) is 29.2 Å². The number of nitrogens with one attached hydrogen (secondary N) is 1. The van der Waals surface area contributed by atoms with Crippen LogP contribution in [0.2, 0.25) is 10.0 Å². The highest BCUT2D eigenvalue weighted by Gasteiger charge is 2.31. The molecule has 1 saturated heterocycles. The van der Waals surface area contributed by atoms with E-state index in [1.807, 2.05) is 0 Å². The molecule has 0 aliphatic carbocycles. The normalized spacial score (nSPS) is 16.2. The van der Waals surface area contributed by atoms with Crippen molar-refractivity contribution in [3.8, 4) is 0 Å². The molecule has 2 aromatic rings. The Morgan fingerprint density at radius 3 is 2.43 bits per heavy atom. The Morgan fingerprint density at radius 2 is 1.82 bits per heavy atom. The largest absolute Gasteiger partial charge is 0.356 e. The predicted molar refractivity (Wildman–Crippen MR) is 108 cm³/mol. The van der Waals surface area contributed by atoms with E-state index in [4.69, 9.17) is 23.2 Å². The van der Waals surface area contributed by atoms with Crippen LogP contribution in [0.3, 0.4) is 0 Å². The molecule has 1 aromatic carbocycles. The smallest absolute Gasteiger partial charge is 0.243 e. The number of benzene rings is 1. The van der Waals surface area contributed by atoms with Gasteiger partial charge in [0.05, 0.1) is 16.1 Å². The van der Waals surface area contributed by atoms with Crippen LogP contribution >= 0.6 is 23.2 Å². The van der Waals surface area contributed by atoms with Crippen LogP contribution in [0.4, 0.5) is 0 Å². The minimum Gasteiger partial charge on any atom is -0.356 e. The Morgan fingerprint density at radius 1 is 1.14 bits per heavy atom. The van der Waals surface area contributed by atoms with Crippen molar-refractivity contribution in [2.75, 3.05) is 19.6 Å². The minimum absolute atomic E-state index is 0.0259. The molecule has 1 fully saturated rings. The number of hydrogen-bond acceptors (Lipinski definition) is 4. The summed E-state index contributed by atoms with van der Waals surface area (Å²) in [4.78, 5) is 12.6. The molecule has 0 spiro atoms. The molecule has 3 rings (SSSR count). The molecule has 1 aromatic heterocycles.